The number of carbonyl (C=O) groups excluding carboxylic acids is 1. The lowest BCUT2D eigenvalue weighted by Crippen LogP contribution is -2.24. The first-order valence-electron chi connectivity index (χ1n) is 7.14. The number of fused-ring (bicyclic) bond motifs is 1. The minimum atomic E-state index is -0.421. The molecule has 0 saturated heterocycles. The molecule has 1 aromatic heterocycles. The van der Waals surface area contributed by atoms with E-state index < -0.39 is 5.69 Å². The lowest BCUT2D eigenvalue weighted by atomic mass is 10.0. The molecule has 1 heterocycles. The van der Waals surface area contributed by atoms with E-state index in [0.29, 0.717) is 23.1 Å². The zero-order valence-corrected chi connectivity index (χ0v) is 12.3. The Morgan fingerprint density at radius 2 is 2.00 bits per heavy atom. The molecule has 5 nitrogen and oxygen atoms in total. The van der Waals surface area contributed by atoms with Crippen LogP contribution in [-0.4, -0.2) is 15.5 Å². The molecular weight excluding hydrogens is 278 g/mol. The fraction of sp³-hybridized carbons (Fsp3) is 0.176. The van der Waals surface area contributed by atoms with E-state index in [-0.39, 0.29) is 12.3 Å². The Labute approximate surface area is 127 Å². The number of aryl methyl sites for hydroxylation is 2. The normalized spacial score (nSPS) is 11.0. The maximum atomic E-state index is 12.4. The van der Waals surface area contributed by atoms with Crippen LogP contribution in [-0.2, 0) is 6.42 Å². The van der Waals surface area contributed by atoms with E-state index in [2.05, 4.69) is 4.98 Å². The summed E-state index contributed by atoms with van der Waals surface area (Å²) in [7, 11) is 0. The van der Waals surface area contributed by atoms with Gasteiger partial charge in [-0.2, -0.15) is 0 Å². The van der Waals surface area contributed by atoms with Crippen molar-refractivity contribution in [3.63, 3.8) is 0 Å². The summed E-state index contributed by atoms with van der Waals surface area (Å²) < 4.78 is 1.19. The molecule has 0 bridgehead atoms. The fourth-order valence-corrected chi connectivity index (χ4v) is 2.62. The van der Waals surface area contributed by atoms with Crippen molar-refractivity contribution < 1.29 is 4.79 Å². The third-order valence-corrected chi connectivity index (χ3v) is 3.83. The molecule has 0 aliphatic heterocycles. The molecule has 112 valence electrons. The predicted molar refractivity (Wildman–Crippen MR) is 87.1 cm³/mol. The Morgan fingerprint density at radius 3 is 2.77 bits per heavy atom. The van der Waals surface area contributed by atoms with E-state index in [9.17, 15) is 9.59 Å². The fourth-order valence-electron chi connectivity index (χ4n) is 2.62. The quantitative estimate of drug-likeness (QED) is 0.728. The van der Waals surface area contributed by atoms with Gasteiger partial charge in [-0.05, 0) is 42.7 Å². The van der Waals surface area contributed by atoms with Gasteiger partial charge in [0.15, 0.2) is 0 Å². The standard InChI is InChI=1S/C17H17N3O2/c1-11-4-2-3-5-12(11)6-9-16(21)20-15-8-7-13(18)10-14(15)19-17(20)22/h2-5,7-8,10H,6,9,18H2,1H3,(H,19,22). The third-order valence-electron chi connectivity index (χ3n) is 3.83. The molecule has 0 saturated carbocycles. The minimum absolute atomic E-state index is 0.218. The topological polar surface area (TPSA) is 80.9 Å². The number of nitrogen functional groups attached to an aromatic ring is 1. The third kappa shape index (κ3) is 2.53. The van der Waals surface area contributed by atoms with Gasteiger partial charge in [-0.1, -0.05) is 24.3 Å². The van der Waals surface area contributed by atoms with Crippen molar-refractivity contribution in [2.75, 3.05) is 5.73 Å². The maximum absolute atomic E-state index is 12.4. The number of nitrogens with zero attached hydrogens (tertiary/aromatic N) is 1. The van der Waals surface area contributed by atoms with Crippen molar-refractivity contribution in [2.45, 2.75) is 19.8 Å². The molecule has 0 atom stereocenters. The van der Waals surface area contributed by atoms with Gasteiger partial charge in [-0.15, -0.1) is 0 Å². The highest BCUT2D eigenvalue weighted by atomic mass is 16.2. The summed E-state index contributed by atoms with van der Waals surface area (Å²) in [5.74, 6) is -0.218. The number of benzene rings is 2. The SMILES string of the molecule is Cc1ccccc1CCC(=O)n1c(=O)[nH]c2cc(N)ccc21. The van der Waals surface area contributed by atoms with Crippen LogP contribution in [0.25, 0.3) is 11.0 Å². The molecular formula is C17H17N3O2. The van der Waals surface area contributed by atoms with Gasteiger partial charge >= 0.3 is 5.69 Å². The lowest BCUT2D eigenvalue weighted by Gasteiger charge is -2.05. The lowest BCUT2D eigenvalue weighted by molar-refractivity contribution is 0.0904. The van der Waals surface area contributed by atoms with Crippen LogP contribution in [0.2, 0.25) is 0 Å². The van der Waals surface area contributed by atoms with E-state index in [0.717, 1.165) is 11.1 Å². The molecule has 3 rings (SSSR count). The van der Waals surface area contributed by atoms with Crippen LogP contribution in [0.5, 0.6) is 0 Å². The number of carbonyl (C=O) groups is 1. The number of H-pyrrole nitrogens is 1. The highest BCUT2D eigenvalue weighted by molar-refractivity contribution is 5.91. The first kappa shape index (κ1) is 14.1. The molecule has 3 aromatic rings. The summed E-state index contributed by atoms with van der Waals surface area (Å²) in [5.41, 5.74) is 9.23. The molecule has 3 N–H and O–H groups in total. The van der Waals surface area contributed by atoms with Gasteiger partial charge in [0.25, 0.3) is 0 Å². The molecule has 2 aromatic carbocycles. The zero-order chi connectivity index (χ0) is 15.7. The molecule has 0 radical (unpaired) electrons. The van der Waals surface area contributed by atoms with Crippen LogP contribution >= 0.6 is 0 Å². The van der Waals surface area contributed by atoms with Gasteiger partial charge in [0, 0.05) is 12.1 Å². The van der Waals surface area contributed by atoms with Crippen molar-refractivity contribution in [3.05, 3.63) is 64.1 Å². The summed E-state index contributed by atoms with van der Waals surface area (Å²) >= 11 is 0. The molecule has 0 spiro atoms. The van der Waals surface area contributed by atoms with Crippen molar-refractivity contribution in [1.29, 1.82) is 0 Å². The van der Waals surface area contributed by atoms with E-state index in [4.69, 9.17) is 5.73 Å². The monoisotopic (exact) mass is 295 g/mol. The van der Waals surface area contributed by atoms with Crippen LogP contribution < -0.4 is 11.4 Å². The number of nitrogens with one attached hydrogen (secondary N) is 1. The van der Waals surface area contributed by atoms with E-state index >= 15 is 0 Å². The molecule has 0 aliphatic rings. The van der Waals surface area contributed by atoms with Crippen molar-refractivity contribution in [1.82, 2.24) is 9.55 Å². The molecule has 0 unspecified atom stereocenters. The Morgan fingerprint density at radius 1 is 1.23 bits per heavy atom. The first-order chi connectivity index (χ1) is 10.6. The van der Waals surface area contributed by atoms with Crippen LogP contribution in [0.4, 0.5) is 5.69 Å². The smallest absolute Gasteiger partial charge is 0.333 e. The summed E-state index contributed by atoms with van der Waals surface area (Å²) in [6, 6.07) is 13.0. The van der Waals surface area contributed by atoms with Crippen LogP contribution in [0.15, 0.2) is 47.3 Å². The zero-order valence-electron chi connectivity index (χ0n) is 12.3. The van der Waals surface area contributed by atoms with Gasteiger partial charge in [0.1, 0.15) is 0 Å². The van der Waals surface area contributed by atoms with E-state index in [1.54, 1.807) is 18.2 Å². The summed E-state index contributed by atoms with van der Waals surface area (Å²) in [6.07, 6.45) is 0.891. The molecule has 0 aliphatic carbocycles. The second kappa shape index (κ2) is 5.52. The Bertz CT molecular complexity index is 906. The number of hydrogen-bond donors (Lipinski definition) is 2. The van der Waals surface area contributed by atoms with Crippen LogP contribution in [0, 0.1) is 6.92 Å². The molecule has 0 amide bonds. The van der Waals surface area contributed by atoms with E-state index in [1.165, 1.54) is 4.57 Å². The van der Waals surface area contributed by atoms with Gasteiger partial charge in [0.05, 0.1) is 11.0 Å². The number of nitrogens with two attached hydrogens (primary N) is 1. The van der Waals surface area contributed by atoms with Crippen molar-refractivity contribution in [3.8, 4) is 0 Å². The summed E-state index contributed by atoms with van der Waals surface area (Å²) in [4.78, 5) is 27.1. The first-order valence-corrected chi connectivity index (χ1v) is 7.14. The number of rotatable bonds is 3. The van der Waals surface area contributed by atoms with Gasteiger partial charge in [0.2, 0.25) is 5.91 Å². The van der Waals surface area contributed by atoms with Gasteiger partial charge < -0.3 is 10.7 Å². The Kier molecular flexibility index (Phi) is 3.55. The molecule has 0 fully saturated rings. The highest BCUT2D eigenvalue weighted by Crippen LogP contribution is 2.15. The van der Waals surface area contributed by atoms with Crippen molar-refractivity contribution in [2.24, 2.45) is 0 Å². The predicted octanol–water partition coefficient (Wildman–Crippen LogP) is 2.49. The van der Waals surface area contributed by atoms with E-state index in [1.807, 2.05) is 31.2 Å². The second-order valence-electron chi connectivity index (χ2n) is 5.36. The largest absolute Gasteiger partial charge is 0.399 e. The maximum Gasteiger partial charge on any atom is 0.333 e. The van der Waals surface area contributed by atoms with Gasteiger partial charge in [-0.25, -0.2) is 9.36 Å². The van der Waals surface area contributed by atoms with Crippen LogP contribution in [0.1, 0.15) is 22.3 Å². The second-order valence-corrected chi connectivity index (χ2v) is 5.36. The highest BCUT2D eigenvalue weighted by Gasteiger charge is 2.14. The molecule has 22 heavy (non-hydrogen) atoms. The number of hydrogen-bond acceptors (Lipinski definition) is 3. The molecule has 5 heteroatoms. The number of aromatic amines is 1. The van der Waals surface area contributed by atoms with Gasteiger partial charge in [-0.3, -0.25) is 4.79 Å². The Balaban J connectivity index is 1.88. The summed E-state index contributed by atoms with van der Waals surface area (Å²) in [5, 5.41) is 0. The average molecular weight is 295 g/mol. The summed E-state index contributed by atoms with van der Waals surface area (Å²) in [6.45, 7) is 2.01. The number of anilines is 1. The number of imidazole rings is 1. The number of aromatic nitrogens is 2. The van der Waals surface area contributed by atoms with Crippen LogP contribution in [0.3, 0.4) is 0 Å². The average Bonchev–Trinajstić information content (AvgIpc) is 2.81. The van der Waals surface area contributed by atoms with Crippen molar-refractivity contribution >= 4 is 22.6 Å². The Hall–Kier alpha value is -2.82. The minimum Gasteiger partial charge on any atom is -0.399 e.